The average molecular weight is 241 g/mol. The summed E-state index contributed by atoms with van der Waals surface area (Å²) < 4.78 is 4.87. The molecule has 1 radical (unpaired) electrons. The quantitative estimate of drug-likeness (QED) is 0.366. The van der Waals surface area contributed by atoms with Gasteiger partial charge in [0.1, 0.15) is 0 Å². The fourth-order valence-electron chi connectivity index (χ4n) is 1.83. The van der Waals surface area contributed by atoms with E-state index in [1.807, 2.05) is 0 Å². The van der Waals surface area contributed by atoms with Crippen LogP contribution in [-0.4, -0.2) is 12.6 Å². The third-order valence-corrected chi connectivity index (χ3v) is 2.87. The number of carbonyl (C=O) groups excluding carboxylic acids is 1. The first-order chi connectivity index (χ1) is 8.27. The molecular formula is C15H29O2. The van der Waals surface area contributed by atoms with Crippen molar-refractivity contribution in [2.45, 2.75) is 78.1 Å². The summed E-state index contributed by atoms with van der Waals surface area (Å²) in [5, 5.41) is 0. The SMILES string of the molecule is CCCCCCCCC[CH]CCCOC(C)=O. The van der Waals surface area contributed by atoms with Gasteiger partial charge in [-0.25, -0.2) is 0 Å². The van der Waals surface area contributed by atoms with E-state index >= 15 is 0 Å². The van der Waals surface area contributed by atoms with Gasteiger partial charge in [-0.05, 0) is 19.3 Å². The van der Waals surface area contributed by atoms with Crippen LogP contribution in [0.15, 0.2) is 0 Å². The molecular weight excluding hydrogens is 212 g/mol. The molecule has 2 heteroatoms. The van der Waals surface area contributed by atoms with Crippen LogP contribution >= 0.6 is 0 Å². The summed E-state index contributed by atoms with van der Waals surface area (Å²) >= 11 is 0. The smallest absolute Gasteiger partial charge is 0.302 e. The Morgan fingerprint density at radius 1 is 0.941 bits per heavy atom. The van der Waals surface area contributed by atoms with Gasteiger partial charge in [-0.2, -0.15) is 0 Å². The lowest BCUT2D eigenvalue weighted by Crippen LogP contribution is -2.00. The molecule has 0 saturated carbocycles. The number of ether oxygens (including phenoxy) is 1. The minimum atomic E-state index is -0.169. The van der Waals surface area contributed by atoms with E-state index in [0.717, 1.165) is 12.8 Å². The van der Waals surface area contributed by atoms with E-state index in [2.05, 4.69) is 13.3 Å². The summed E-state index contributed by atoms with van der Waals surface area (Å²) in [6, 6.07) is 0. The van der Waals surface area contributed by atoms with E-state index in [1.54, 1.807) is 0 Å². The first-order valence-corrected chi connectivity index (χ1v) is 7.22. The van der Waals surface area contributed by atoms with E-state index in [0.29, 0.717) is 6.61 Å². The normalized spacial score (nSPS) is 10.5. The zero-order chi connectivity index (χ0) is 12.8. The lowest BCUT2D eigenvalue weighted by Gasteiger charge is -2.02. The van der Waals surface area contributed by atoms with Crippen LogP contribution in [0.3, 0.4) is 0 Å². The first kappa shape index (κ1) is 16.5. The summed E-state index contributed by atoms with van der Waals surface area (Å²) in [4.78, 5) is 10.5. The minimum absolute atomic E-state index is 0.169. The molecule has 17 heavy (non-hydrogen) atoms. The molecule has 0 atom stereocenters. The average Bonchev–Trinajstić information content (AvgIpc) is 2.30. The van der Waals surface area contributed by atoms with Crippen LogP contribution in [-0.2, 0) is 9.53 Å². The van der Waals surface area contributed by atoms with Crippen molar-refractivity contribution in [2.75, 3.05) is 6.61 Å². The van der Waals surface area contributed by atoms with Crippen molar-refractivity contribution in [2.24, 2.45) is 0 Å². The molecule has 0 fully saturated rings. The van der Waals surface area contributed by atoms with Gasteiger partial charge in [0, 0.05) is 6.92 Å². The molecule has 0 aliphatic heterocycles. The van der Waals surface area contributed by atoms with Gasteiger partial charge in [0.2, 0.25) is 0 Å². The highest BCUT2D eigenvalue weighted by Gasteiger charge is 1.94. The van der Waals surface area contributed by atoms with Crippen LogP contribution in [0, 0.1) is 6.42 Å². The molecule has 0 rings (SSSR count). The van der Waals surface area contributed by atoms with Crippen molar-refractivity contribution < 1.29 is 9.53 Å². The third kappa shape index (κ3) is 15.5. The molecule has 2 nitrogen and oxygen atoms in total. The van der Waals surface area contributed by atoms with E-state index < -0.39 is 0 Å². The Morgan fingerprint density at radius 2 is 1.53 bits per heavy atom. The molecule has 0 amide bonds. The van der Waals surface area contributed by atoms with Gasteiger partial charge < -0.3 is 4.74 Å². The van der Waals surface area contributed by atoms with Gasteiger partial charge in [0.15, 0.2) is 0 Å². The standard InChI is InChI=1S/C15H29O2/c1-3-4-5-6-7-8-9-10-11-12-13-14-17-15(2)16/h11H,3-10,12-14H2,1-2H3. The Bertz CT molecular complexity index is 166. The largest absolute Gasteiger partial charge is 0.466 e. The van der Waals surface area contributed by atoms with Crippen LogP contribution in [0.5, 0.6) is 0 Å². The predicted octanol–water partition coefficient (Wildman–Crippen LogP) is 4.67. The van der Waals surface area contributed by atoms with E-state index in [9.17, 15) is 4.79 Å². The van der Waals surface area contributed by atoms with Crippen LogP contribution in [0.25, 0.3) is 0 Å². The second-order valence-electron chi connectivity index (χ2n) is 4.68. The van der Waals surface area contributed by atoms with Crippen molar-refractivity contribution in [1.29, 1.82) is 0 Å². The number of unbranched alkanes of at least 4 members (excludes halogenated alkanes) is 10. The van der Waals surface area contributed by atoms with Crippen molar-refractivity contribution in [3.8, 4) is 0 Å². The zero-order valence-electron chi connectivity index (χ0n) is 11.7. The summed E-state index contributed by atoms with van der Waals surface area (Å²) in [5.74, 6) is -0.169. The zero-order valence-corrected chi connectivity index (χ0v) is 11.7. The van der Waals surface area contributed by atoms with Crippen LogP contribution < -0.4 is 0 Å². The number of hydrogen-bond acceptors (Lipinski definition) is 2. The van der Waals surface area contributed by atoms with E-state index in [1.165, 1.54) is 58.3 Å². The van der Waals surface area contributed by atoms with Crippen LogP contribution in [0.4, 0.5) is 0 Å². The predicted molar refractivity (Wildman–Crippen MR) is 72.8 cm³/mol. The lowest BCUT2D eigenvalue weighted by atomic mass is 10.1. The molecule has 0 spiro atoms. The molecule has 0 aliphatic carbocycles. The van der Waals surface area contributed by atoms with Crippen LogP contribution in [0.1, 0.15) is 78.1 Å². The Labute approximate surface area is 107 Å². The maximum Gasteiger partial charge on any atom is 0.302 e. The van der Waals surface area contributed by atoms with Gasteiger partial charge in [-0.1, -0.05) is 58.3 Å². The highest BCUT2D eigenvalue weighted by Crippen LogP contribution is 2.10. The monoisotopic (exact) mass is 241 g/mol. The molecule has 0 heterocycles. The summed E-state index contributed by atoms with van der Waals surface area (Å²) in [6.07, 6.45) is 15.2. The van der Waals surface area contributed by atoms with Crippen molar-refractivity contribution in [3.05, 3.63) is 6.42 Å². The first-order valence-electron chi connectivity index (χ1n) is 7.22. The second-order valence-corrected chi connectivity index (χ2v) is 4.68. The Morgan fingerprint density at radius 3 is 2.18 bits per heavy atom. The number of carbonyl (C=O) groups is 1. The van der Waals surface area contributed by atoms with E-state index in [4.69, 9.17) is 4.74 Å². The van der Waals surface area contributed by atoms with Crippen molar-refractivity contribution in [3.63, 3.8) is 0 Å². The number of esters is 1. The molecule has 0 N–H and O–H groups in total. The van der Waals surface area contributed by atoms with Crippen molar-refractivity contribution >= 4 is 5.97 Å². The van der Waals surface area contributed by atoms with Crippen molar-refractivity contribution in [1.82, 2.24) is 0 Å². The summed E-state index contributed by atoms with van der Waals surface area (Å²) in [5.41, 5.74) is 0. The Hall–Kier alpha value is -0.530. The number of rotatable bonds is 12. The molecule has 0 unspecified atom stereocenters. The molecule has 0 aliphatic rings. The summed E-state index contributed by atoms with van der Waals surface area (Å²) in [6.45, 7) is 4.29. The molecule has 0 bridgehead atoms. The van der Waals surface area contributed by atoms with Gasteiger partial charge in [0.05, 0.1) is 6.61 Å². The van der Waals surface area contributed by atoms with Crippen LogP contribution in [0.2, 0.25) is 0 Å². The Balaban J connectivity index is 2.91. The summed E-state index contributed by atoms with van der Waals surface area (Å²) in [7, 11) is 0. The highest BCUT2D eigenvalue weighted by atomic mass is 16.5. The highest BCUT2D eigenvalue weighted by molar-refractivity contribution is 5.65. The Kier molecular flexibility index (Phi) is 13.1. The molecule has 0 aromatic heterocycles. The fraction of sp³-hybridized carbons (Fsp3) is 0.867. The second kappa shape index (κ2) is 13.5. The number of hydrogen-bond donors (Lipinski definition) is 0. The fourth-order valence-corrected chi connectivity index (χ4v) is 1.83. The minimum Gasteiger partial charge on any atom is -0.466 e. The van der Waals surface area contributed by atoms with Gasteiger partial charge in [-0.15, -0.1) is 0 Å². The molecule has 0 aromatic rings. The third-order valence-electron chi connectivity index (χ3n) is 2.87. The van der Waals surface area contributed by atoms with E-state index in [-0.39, 0.29) is 5.97 Å². The molecule has 0 aromatic carbocycles. The van der Waals surface area contributed by atoms with Gasteiger partial charge in [-0.3, -0.25) is 4.79 Å². The topological polar surface area (TPSA) is 26.3 Å². The maximum absolute atomic E-state index is 10.5. The lowest BCUT2D eigenvalue weighted by molar-refractivity contribution is -0.141. The molecule has 101 valence electrons. The maximum atomic E-state index is 10.5. The molecule has 0 saturated heterocycles. The van der Waals surface area contributed by atoms with Gasteiger partial charge >= 0.3 is 5.97 Å². The van der Waals surface area contributed by atoms with Gasteiger partial charge in [0.25, 0.3) is 0 Å².